The Labute approximate surface area is 172 Å². The van der Waals surface area contributed by atoms with Crippen LogP contribution in [-0.2, 0) is 0 Å². The van der Waals surface area contributed by atoms with E-state index in [0.717, 1.165) is 31.2 Å². The molecule has 2 N–H and O–H groups in total. The Hall–Kier alpha value is -3.03. The largest absolute Gasteiger partial charge is 0.497 e. The van der Waals surface area contributed by atoms with E-state index in [1.54, 1.807) is 38.4 Å². The molecule has 1 aromatic carbocycles. The number of likely N-dealkylation sites (tertiary alicyclic amines) is 1. The summed E-state index contributed by atoms with van der Waals surface area (Å²) in [6, 6.07) is 7.45. The molecule has 29 heavy (non-hydrogen) atoms. The highest BCUT2D eigenvalue weighted by atomic mass is 16.5. The standard InChI is InChI=1S/C21H30N6O2/c1-16-8-12-26(14-19(16)27-13-11-23-15-27)21(22-2)25-10-9-24-20(28)17-4-6-18(29-3)7-5-17/h4-7,11,13,15-16,19H,8-10,12,14H2,1-3H3,(H,22,25)(H,24,28). The molecule has 2 heterocycles. The maximum Gasteiger partial charge on any atom is 0.251 e. The van der Waals surface area contributed by atoms with Gasteiger partial charge < -0.3 is 24.8 Å². The molecule has 8 nitrogen and oxygen atoms in total. The molecule has 8 heteroatoms. The predicted octanol–water partition coefficient (Wildman–Crippen LogP) is 1.78. The molecule has 1 fully saturated rings. The summed E-state index contributed by atoms with van der Waals surface area (Å²) in [6.07, 6.45) is 6.83. The van der Waals surface area contributed by atoms with Gasteiger partial charge in [-0.3, -0.25) is 9.79 Å². The number of aromatic nitrogens is 2. The highest BCUT2D eigenvalue weighted by Gasteiger charge is 2.28. The molecule has 1 saturated heterocycles. The van der Waals surface area contributed by atoms with E-state index in [1.165, 1.54) is 0 Å². The zero-order valence-electron chi connectivity index (χ0n) is 17.3. The summed E-state index contributed by atoms with van der Waals surface area (Å²) in [5.41, 5.74) is 0.614. The summed E-state index contributed by atoms with van der Waals surface area (Å²) in [6.45, 7) is 5.25. The Morgan fingerprint density at radius 1 is 1.28 bits per heavy atom. The number of carbonyl (C=O) groups excluding carboxylic acids is 1. The third-order valence-electron chi connectivity index (χ3n) is 5.38. The van der Waals surface area contributed by atoms with Crippen LogP contribution in [0.1, 0.15) is 29.7 Å². The van der Waals surface area contributed by atoms with Crippen LogP contribution in [0, 0.1) is 5.92 Å². The molecule has 2 aromatic rings. The van der Waals surface area contributed by atoms with Gasteiger partial charge in [-0.1, -0.05) is 6.92 Å². The van der Waals surface area contributed by atoms with Crippen LogP contribution in [0.3, 0.4) is 0 Å². The van der Waals surface area contributed by atoms with Crippen molar-refractivity contribution in [3.8, 4) is 5.75 Å². The van der Waals surface area contributed by atoms with Gasteiger partial charge in [-0.15, -0.1) is 0 Å². The van der Waals surface area contributed by atoms with Crippen molar-refractivity contribution in [2.45, 2.75) is 19.4 Å². The highest BCUT2D eigenvalue weighted by molar-refractivity contribution is 5.94. The Morgan fingerprint density at radius 2 is 2.03 bits per heavy atom. The highest BCUT2D eigenvalue weighted by Crippen LogP contribution is 2.27. The van der Waals surface area contributed by atoms with Gasteiger partial charge in [0.1, 0.15) is 5.75 Å². The van der Waals surface area contributed by atoms with E-state index in [2.05, 4.69) is 37.0 Å². The van der Waals surface area contributed by atoms with Crippen molar-refractivity contribution in [2.24, 2.45) is 10.9 Å². The molecule has 2 atom stereocenters. The topological polar surface area (TPSA) is 83.8 Å². The van der Waals surface area contributed by atoms with Crippen molar-refractivity contribution in [1.82, 2.24) is 25.1 Å². The lowest BCUT2D eigenvalue weighted by Gasteiger charge is -2.39. The Morgan fingerprint density at radius 3 is 2.69 bits per heavy atom. The minimum atomic E-state index is -0.101. The van der Waals surface area contributed by atoms with Crippen LogP contribution in [0.15, 0.2) is 48.0 Å². The maximum absolute atomic E-state index is 12.2. The van der Waals surface area contributed by atoms with Crippen molar-refractivity contribution in [2.75, 3.05) is 40.3 Å². The third-order valence-corrected chi connectivity index (χ3v) is 5.38. The Kier molecular flexibility index (Phi) is 7.10. The number of guanidine groups is 1. The summed E-state index contributed by atoms with van der Waals surface area (Å²) in [7, 11) is 3.40. The number of hydrogen-bond donors (Lipinski definition) is 2. The molecule has 3 rings (SSSR count). The van der Waals surface area contributed by atoms with E-state index < -0.39 is 0 Å². The molecule has 1 aliphatic heterocycles. The van der Waals surface area contributed by atoms with E-state index in [1.807, 2.05) is 18.7 Å². The molecule has 1 aliphatic rings. The molecule has 0 spiro atoms. The van der Waals surface area contributed by atoms with Gasteiger partial charge in [0, 0.05) is 51.2 Å². The smallest absolute Gasteiger partial charge is 0.251 e. The number of amides is 1. The van der Waals surface area contributed by atoms with Gasteiger partial charge in [0.2, 0.25) is 0 Å². The van der Waals surface area contributed by atoms with Gasteiger partial charge in [0.05, 0.1) is 19.5 Å². The molecular weight excluding hydrogens is 368 g/mol. The SMILES string of the molecule is CN=C(NCCNC(=O)c1ccc(OC)cc1)N1CCC(C)C(n2ccnc2)C1. The molecule has 0 bridgehead atoms. The second-order valence-electron chi connectivity index (χ2n) is 7.25. The second kappa shape index (κ2) is 9.95. The van der Waals surface area contributed by atoms with E-state index >= 15 is 0 Å². The number of hydrogen-bond acceptors (Lipinski definition) is 4. The van der Waals surface area contributed by atoms with Crippen LogP contribution in [-0.4, -0.2) is 66.7 Å². The number of ether oxygens (including phenoxy) is 1. The quantitative estimate of drug-likeness (QED) is 0.440. The van der Waals surface area contributed by atoms with Crippen molar-refractivity contribution < 1.29 is 9.53 Å². The summed E-state index contributed by atoms with van der Waals surface area (Å²) < 4.78 is 7.30. The van der Waals surface area contributed by atoms with Gasteiger partial charge in [-0.25, -0.2) is 4.98 Å². The Bertz CT molecular complexity index is 803. The second-order valence-corrected chi connectivity index (χ2v) is 7.25. The average Bonchev–Trinajstić information content (AvgIpc) is 3.29. The van der Waals surface area contributed by atoms with E-state index in [-0.39, 0.29) is 5.91 Å². The molecular formula is C21H30N6O2. The number of nitrogens with zero attached hydrogens (tertiary/aromatic N) is 4. The summed E-state index contributed by atoms with van der Waals surface area (Å²) >= 11 is 0. The fraction of sp³-hybridized carbons (Fsp3) is 0.476. The van der Waals surface area contributed by atoms with Crippen molar-refractivity contribution >= 4 is 11.9 Å². The summed E-state index contributed by atoms with van der Waals surface area (Å²) in [5, 5.41) is 6.29. The van der Waals surface area contributed by atoms with Gasteiger partial charge in [-0.05, 0) is 36.6 Å². The van der Waals surface area contributed by atoms with Crippen LogP contribution in [0.2, 0.25) is 0 Å². The first kappa shape index (κ1) is 20.7. The number of carbonyl (C=O) groups is 1. The number of methoxy groups -OCH3 is 1. The summed E-state index contributed by atoms with van der Waals surface area (Å²) in [5.74, 6) is 2.08. The number of piperidine rings is 1. The van der Waals surface area contributed by atoms with Gasteiger partial charge in [0.25, 0.3) is 5.91 Å². The van der Waals surface area contributed by atoms with Gasteiger partial charge >= 0.3 is 0 Å². The summed E-state index contributed by atoms with van der Waals surface area (Å²) in [4.78, 5) is 23.1. The van der Waals surface area contributed by atoms with E-state index in [4.69, 9.17) is 4.74 Å². The lowest BCUT2D eigenvalue weighted by atomic mass is 9.93. The first-order valence-corrected chi connectivity index (χ1v) is 9.97. The molecule has 1 amide bonds. The average molecular weight is 399 g/mol. The monoisotopic (exact) mass is 398 g/mol. The molecule has 0 aliphatic carbocycles. The molecule has 1 aromatic heterocycles. The van der Waals surface area contributed by atoms with Crippen molar-refractivity contribution in [1.29, 1.82) is 0 Å². The fourth-order valence-electron chi connectivity index (χ4n) is 3.62. The van der Waals surface area contributed by atoms with Gasteiger partial charge in [-0.2, -0.15) is 0 Å². The Balaban J connectivity index is 1.47. The number of imidazole rings is 1. The third kappa shape index (κ3) is 5.28. The number of nitrogens with one attached hydrogen (secondary N) is 2. The van der Waals surface area contributed by atoms with Crippen LogP contribution in [0.25, 0.3) is 0 Å². The van der Waals surface area contributed by atoms with Crippen LogP contribution < -0.4 is 15.4 Å². The molecule has 0 radical (unpaired) electrons. The molecule has 156 valence electrons. The predicted molar refractivity (Wildman–Crippen MR) is 113 cm³/mol. The lowest BCUT2D eigenvalue weighted by Crippen LogP contribution is -2.50. The van der Waals surface area contributed by atoms with Crippen molar-refractivity contribution in [3.05, 3.63) is 48.5 Å². The first-order valence-electron chi connectivity index (χ1n) is 9.97. The van der Waals surface area contributed by atoms with Crippen LogP contribution >= 0.6 is 0 Å². The van der Waals surface area contributed by atoms with Crippen molar-refractivity contribution in [3.63, 3.8) is 0 Å². The number of benzene rings is 1. The minimum Gasteiger partial charge on any atom is -0.497 e. The zero-order chi connectivity index (χ0) is 20.6. The minimum absolute atomic E-state index is 0.101. The number of aliphatic imine (C=N–C) groups is 1. The zero-order valence-corrected chi connectivity index (χ0v) is 17.3. The van der Waals surface area contributed by atoms with Crippen LogP contribution in [0.5, 0.6) is 5.75 Å². The first-order chi connectivity index (χ1) is 14.1. The normalized spacial score (nSPS) is 19.7. The van der Waals surface area contributed by atoms with Crippen LogP contribution in [0.4, 0.5) is 0 Å². The van der Waals surface area contributed by atoms with E-state index in [0.29, 0.717) is 30.6 Å². The number of rotatable bonds is 6. The van der Waals surface area contributed by atoms with Gasteiger partial charge in [0.15, 0.2) is 5.96 Å². The lowest BCUT2D eigenvalue weighted by molar-refractivity contribution is 0.0954. The maximum atomic E-state index is 12.2. The fourth-order valence-corrected chi connectivity index (χ4v) is 3.62. The molecule has 2 unspecified atom stereocenters. The van der Waals surface area contributed by atoms with E-state index in [9.17, 15) is 4.79 Å². The molecule has 0 saturated carbocycles.